The molecule has 0 radical (unpaired) electrons. The fraction of sp³-hybridized carbons (Fsp3) is 0.625. The molecule has 0 saturated heterocycles. The summed E-state index contributed by atoms with van der Waals surface area (Å²) in [5.74, 6) is 0.789. The van der Waals surface area contributed by atoms with Gasteiger partial charge in [-0.15, -0.1) is 0 Å². The van der Waals surface area contributed by atoms with E-state index < -0.39 is 0 Å². The first kappa shape index (κ1) is 16.7. The van der Waals surface area contributed by atoms with E-state index in [1.165, 1.54) is 18.4 Å². The van der Waals surface area contributed by atoms with E-state index in [9.17, 15) is 0 Å². The summed E-state index contributed by atoms with van der Waals surface area (Å²) in [6.45, 7) is 9.16. The number of nitrogens with one attached hydrogen (secondary N) is 1. The SMILES string of the molecule is CC(C)CCC(C)NCCOCc1cccc(Br)c1. The molecule has 0 aromatic heterocycles. The Hall–Kier alpha value is -0.380. The van der Waals surface area contributed by atoms with Crippen molar-refractivity contribution in [3.8, 4) is 0 Å². The molecule has 0 saturated carbocycles. The van der Waals surface area contributed by atoms with Crippen molar-refractivity contribution in [1.29, 1.82) is 0 Å². The summed E-state index contributed by atoms with van der Waals surface area (Å²) in [5.41, 5.74) is 1.21. The highest BCUT2D eigenvalue weighted by molar-refractivity contribution is 9.10. The minimum absolute atomic E-state index is 0.580. The summed E-state index contributed by atoms with van der Waals surface area (Å²) >= 11 is 3.46. The summed E-state index contributed by atoms with van der Waals surface area (Å²) in [5, 5.41) is 3.50. The van der Waals surface area contributed by atoms with Gasteiger partial charge in [0.25, 0.3) is 0 Å². The third kappa shape index (κ3) is 8.40. The highest BCUT2D eigenvalue weighted by Crippen LogP contribution is 2.12. The van der Waals surface area contributed by atoms with E-state index in [4.69, 9.17) is 4.74 Å². The van der Waals surface area contributed by atoms with Gasteiger partial charge >= 0.3 is 0 Å². The molecule has 1 rings (SSSR count). The number of hydrogen-bond donors (Lipinski definition) is 1. The average molecular weight is 328 g/mol. The van der Waals surface area contributed by atoms with E-state index in [0.29, 0.717) is 12.6 Å². The smallest absolute Gasteiger partial charge is 0.0717 e. The summed E-state index contributed by atoms with van der Waals surface area (Å²) in [4.78, 5) is 0. The Labute approximate surface area is 126 Å². The van der Waals surface area contributed by atoms with Gasteiger partial charge in [0.05, 0.1) is 13.2 Å². The zero-order chi connectivity index (χ0) is 14.1. The van der Waals surface area contributed by atoms with Crippen molar-refractivity contribution < 1.29 is 4.74 Å². The predicted molar refractivity (Wildman–Crippen MR) is 85.3 cm³/mol. The lowest BCUT2D eigenvalue weighted by molar-refractivity contribution is 0.120. The van der Waals surface area contributed by atoms with E-state index in [0.717, 1.165) is 23.5 Å². The Balaban J connectivity index is 2.05. The van der Waals surface area contributed by atoms with Crippen LogP contribution in [0.5, 0.6) is 0 Å². The maximum atomic E-state index is 5.67. The Kier molecular flexibility index (Phi) is 8.35. The normalized spacial score (nSPS) is 12.9. The predicted octanol–water partition coefficient (Wildman–Crippen LogP) is 4.38. The molecule has 0 aliphatic rings. The largest absolute Gasteiger partial charge is 0.375 e. The minimum Gasteiger partial charge on any atom is -0.375 e. The van der Waals surface area contributed by atoms with Crippen LogP contribution in [0.4, 0.5) is 0 Å². The molecule has 0 heterocycles. The van der Waals surface area contributed by atoms with Crippen molar-refractivity contribution in [2.75, 3.05) is 13.2 Å². The van der Waals surface area contributed by atoms with Gasteiger partial charge in [-0.25, -0.2) is 0 Å². The molecular weight excluding hydrogens is 302 g/mol. The first-order valence-corrected chi connectivity index (χ1v) is 7.93. The highest BCUT2D eigenvalue weighted by atomic mass is 79.9. The maximum Gasteiger partial charge on any atom is 0.0717 e. The standard InChI is InChI=1S/C16H26BrNO/c1-13(2)7-8-14(3)18-9-10-19-12-15-5-4-6-16(17)11-15/h4-6,11,13-14,18H,7-10,12H2,1-3H3. The number of benzene rings is 1. The molecule has 1 aromatic rings. The topological polar surface area (TPSA) is 21.3 Å². The van der Waals surface area contributed by atoms with Crippen LogP contribution in [0.2, 0.25) is 0 Å². The Morgan fingerprint density at radius 3 is 2.68 bits per heavy atom. The third-order valence-corrected chi connectivity index (χ3v) is 3.57. The number of halogens is 1. The molecule has 2 nitrogen and oxygen atoms in total. The van der Waals surface area contributed by atoms with Crippen LogP contribution in [0.1, 0.15) is 39.2 Å². The molecule has 108 valence electrons. The third-order valence-electron chi connectivity index (χ3n) is 3.07. The second kappa shape index (κ2) is 9.51. The lowest BCUT2D eigenvalue weighted by Crippen LogP contribution is -2.29. The van der Waals surface area contributed by atoms with Gasteiger partial charge in [0.1, 0.15) is 0 Å². The molecule has 0 spiro atoms. The van der Waals surface area contributed by atoms with Crippen LogP contribution in [0.15, 0.2) is 28.7 Å². The van der Waals surface area contributed by atoms with Gasteiger partial charge in [0.15, 0.2) is 0 Å². The number of hydrogen-bond acceptors (Lipinski definition) is 2. The molecule has 0 amide bonds. The zero-order valence-corrected chi connectivity index (χ0v) is 13.9. The fourth-order valence-corrected chi connectivity index (χ4v) is 2.33. The van der Waals surface area contributed by atoms with Gasteiger partial charge in [0, 0.05) is 17.1 Å². The van der Waals surface area contributed by atoms with Crippen molar-refractivity contribution in [3.05, 3.63) is 34.3 Å². The summed E-state index contributed by atoms with van der Waals surface area (Å²) in [6.07, 6.45) is 2.52. The molecule has 1 aromatic carbocycles. The van der Waals surface area contributed by atoms with E-state index in [-0.39, 0.29) is 0 Å². The van der Waals surface area contributed by atoms with Gasteiger partial charge in [-0.3, -0.25) is 0 Å². The second-order valence-electron chi connectivity index (χ2n) is 5.51. The van der Waals surface area contributed by atoms with Crippen LogP contribution < -0.4 is 5.32 Å². The highest BCUT2D eigenvalue weighted by Gasteiger charge is 2.02. The molecule has 0 aliphatic carbocycles. The lowest BCUT2D eigenvalue weighted by atomic mass is 10.0. The molecule has 1 atom stereocenters. The molecule has 0 bridgehead atoms. The van der Waals surface area contributed by atoms with Crippen LogP contribution in [0.25, 0.3) is 0 Å². The second-order valence-corrected chi connectivity index (χ2v) is 6.42. The van der Waals surface area contributed by atoms with Crippen LogP contribution in [-0.2, 0) is 11.3 Å². The van der Waals surface area contributed by atoms with Gasteiger partial charge in [0.2, 0.25) is 0 Å². The van der Waals surface area contributed by atoms with E-state index in [1.54, 1.807) is 0 Å². The summed E-state index contributed by atoms with van der Waals surface area (Å²) < 4.78 is 6.77. The Bertz CT molecular complexity index is 354. The van der Waals surface area contributed by atoms with Crippen LogP contribution in [0, 0.1) is 5.92 Å². The summed E-state index contributed by atoms with van der Waals surface area (Å²) in [7, 11) is 0. The van der Waals surface area contributed by atoms with Crippen molar-refractivity contribution in [2.24, 2.45) is 5.92 Å². The van der Waals surface area contributed by atoms with Gasteiger partial charge in [-0.2, -0.15) is 0 Å². The minimum atomic E-state index is 0.580. The number of ether oxygens (including phenoxy) is 1. The first-order chi connectivity index (χ1) is 9.08. The van der Waals surface area contributed by atoms with Gasteiger partial charge in [-0.1, -0.05) is 41.9 Å². The monoisotopic (exact) mass is 327 g/mol. The van der Waals surface area contributed by atoms with Gasteiger partial charge in [-0.05, 0) is 43.4 Å². The molecule has 3 heteroatoms. The van der Waals surface area contributed by atoms with E-state index in [2.05, 4.69) is 54.2 Å². The Morgan fingerprint density at radius 1 is 1.21 bits per heavy atom. The van der Waals surface area contributed by atoms with Crippen molar-refractivity contribution in [1.82, 2.24) is 5.32 Å². The number of rotatable bonds is 9. The fourth-order valence-electron chi connectivity index (χ4n) is 1.88. The van der Waals surface area contributed by atoms with E-state index >= 15 is 0 Å². The van der Waals surface area contributed by atoms with Crippen LogP contribution >= 0.6 is 15.9 Å². The molecule has 19 heavy (non-hydrogen) atoms. The van der Waals surface area contributed by atoms with Crippen LogP contribution in [-0.4, -0.2) is 19.2 Å². The molecule has 0 fully saturated rings. The molecule has 1 N–H and O–H groups in total. The van der Waals surface area contributed by atoms with Gasteiger partial charge < -0.3 is 10.1 Å². The van der Waals surface area contributed by atoms with Crippen molar-refractivity contribution >= 4 is 15.9 Å². The van der Waals surface area contributed by atoms with Crippen LogP contribution in [0.3, 0.4) is 0 Å². The Morgan fingerprint density at radius 2 is 2.00 bits per heavy atom. The lowest BCUT2D eigenvalue weighted by Gasteiger charge is -2.15. The average Bonchev–Trinajstić information content (AvgIpc) is 2.36. The zero-order valence-electron chi connectivity index (χ0n) is 12.3. The van der Waals surface area contributed by atoms with Crippen molar-refractivity contribution in [2.45, 2.75) is 46.3 Å². The first-order valence-electron chi connectivity index (χ1n) is 7.13. The molecular formula is C16H26BrNO. The molecule has 0 aliphatic heterocycles. The maximum absolute atomic E-state index is 5.67. The van der Waals surface area contributed by atoms with Crippen molar-refractivity contribution in [3.63, 3.8) is 0 Å². The molecule has 1 unspecified atom stereocenters. The summed E-state index contributed by atoms with van der Waals surface area (Å²) in [6, 6.07) is 8.83. The van der Waals surface area contributed by atoms with E-state index in [1.807, 2.05) is 12.1 Å². The quantitative estimate of drug-likeness (QED) is 0.679.